The molecule has 0 fully saturated rings. The zero-order valence-electron chi connectivity index (χ0n) is 15.8. The van der Waals surface area contributed by atoms with Gasteiger partial charge >= 0.3 is 5.97 Å². The van der Waals surface area contributed by atoms with Crippen LogP contribution in [-0.2, 0) is 18.3 Å². The largest absolute Gasteiger partial charge is 0.452 e. The minimum atomic E-state index is -0.737. The standard InChI is InChI=1S/C20H21N3O4/c1-5-23-12(2)10-16(13(23)3)17(24)11-27-20(26)18-14-8-6-7-9-15(14)19(25)22(4)21-18/h6-10H,5,11H2,1-4H3. The summed E-state index contributed by atoms with van der Waals surface area (Å²) in [7, 11) is 1.47. The molecule has 3 rings (SSSR count). The molecule has 0 radical (unpaired) electrons. The summed E-state index contributed by atoms with van der Waals surface area (Å²) in [6, 6.07) is 8.49. The molecule has 7 nitrogen and oxygen atoms in total. The Kier molecular flexibility index (Phi) is 4.94. The molecule has 3 aromatic rings. The lowest BCUT2D eigenvalue weighted by Crippen LogP contribution is -2.24. The predicted octanol–water partition coefficient (Wildman–Crippen LogP) is 2.41. The summed E-state index contributed by atoms with van der Waals surface area (Å²) < 4.78 is 8.33. The number of hydrogen-bond acceptors (Lipinski definition) is 5. The molecule has 0 aliphatic heterocycles. The highest BCUT2D eigenvalue weighted by atomic mass is 16.5. The van der Waals surface area contributed by atoms with Crippen LogP contribution in [0.5, 0.6) is 0 Å². The van der Waals surface area contributed by atoms with Gasteiger partial charge in [0.1, 0.15) is 0 Å². The maximum atomic E-state index is 12.5. The van der Waals surface area contributed by atoms with Crippen molar-refractivity contribution in [1.82, 2.24) is 14.3 Å². The second-order valence-electron chi connectivity index (χ2n) is 6.35. The number of aromatic nitrogens is 3. The first kappa shape index (κ1) is 18.6. The normalized spacial score (nSPS) is 11.0. The molecule has 0 saturated heterocycles. The van der Waals surface area contributed by atoms with E-state index in [9.17, 15) is 14.4 Å². The van der Waals surface area contributed by atoms with Crippen molar-refractivity contribution in [1.29, 1.82) is 0 Å². The van der Waals surface area contributed by atoms with Crippen LogP contribution in [0, 0.1) is 13.8 Å². The van der Waals surface area contributed by atoms with Crippen molar-refractivity contribution in [2.45, 2.75) is 27.3 Å². The quantitative estimate of drug-likeness (QED) is 0.511. The number of ketones is 1. The Labute approximate surface area is 156 Å². The minimum Gasteiger partial charge on any atom is -0.452 e. The molecule has 2 aromatic heterocycles. The van der Waals surface area contributed by atoms with E-state index in [4.69, 9.17) is 4.74 Å². The molecule has 0 N–H and O–H groups in total. The van der Waals surface area contributed by atoms with Gasteiger partial charge in [-0.1, -0.05) is 18.2 Å². The van der Waals surface area contributed by atoms with Crippen molar-refractivity contribution in [3.05, 3.63) is 63.3 Å². The Morgan fingerprint density at radius 1 is 1.15 bits per heavy atom. The number of esters is 1. The summed E-state index contributed by atoms with van der Waals surface area (Å²) in [5.74, 6) is -1.01. The third-order valence-electron chi connectivity index (χ3n) is 4.67. The van der Waals surface area contributed by atoms with E-state index in [1.807, 2.05) is 25.3 Å². The van der Waals surface area contributed by atoms with Crippen LogP contribution in [0.3, 0.4) is 0 Å². The highest BCUT2D eigenvalue weighted by Crippen LogP contribution is 2.17. The summed E-state index contributed by atoms with van der Waals surface area (Å²) in [6.07, 6.45) is 0. The molecular weight excluding hydrogens is 346 g/mol. The van der Waals surface area contributed by atoms with Gasteiger partial charge in [-0.2, -0.15) is 5.10 Å². The SMILES string of the molecule is CCn1c(C)cc(C(=O)COC(=O)c2nn(C)c(=O)c3ccccc23)c1C. The van der Waals surface area contributed by atoms with Gasteiger partial charge in [0.2, 0.25) is 5.78 Å². The van der Waals surface area contributed by atoms with Crippen LogP contribution in [0.4, 0.5) is 0 Å². The number of aryl methyl sites for hydroxylation is 2. The Morgan fingerprint density at radius 2 is 1.81 bits per heavy atom. The van der Waals surface area contributed by atoms with Crippen LogP contribution in [0.2, 0.25) is 0 Å². The lowest BCUT2D eigenvalue weighted by Gasteiger charge is -2.08. The van der Waals surface area contributed by atoms with Gasteiger partial charge in [-0.15, -0.1) is 0 Å². The molecule has 2 heterocycles. The van der Waals surface area contributed by atoms with Crippen LogP contribution < -0.4 is 5.56 Å². The molecule has 0 unspecified atom stereocenters. The molecule has 0 aliphatic rings. The second kappa shape index (κ2) is 7.19. The summed E-state index contributed by atoms with van der Waals surface area (Å²) in [5, 5.41) is 4.79. The average molecular weight is 367 g/mol. The Balaban J connectivity index is 1.85. The molecule has 7 heteroatoms. The Morgan fingerprint density at radius 3 is 2.44 bits per heavy atom. The second-order valence-corrected chi connectivity index (χ2v) is 6.35. The molecule has 0 atom stereocenters. The molecule has 1 aromatic carbocycles. The van der Waals surface area contributed by atoms with E-state index >= 15 is 0 Å². The number of rotatable bonds is 5. The first-order chi connectivity index (χ1) is 12.8. The van der Waals surface area contributed by atoms with Gasteiger partial charge in [-0.25, -0.2) is 9.48 Å². The highest BCUT2D eigenvalue weighted by Gasteiger charge is 2.20. The highest BCUT2D eigenvalue weighted by molar-refractivity contribution is 6.04. The number of benzene rings is 1. The average Bonchev–Trinajstić information content (AvgIpc) is 2.96. The topological polar surface area (TPSA) is 83.2 Å². The van der Waals surface area contributed by atoms with E-state index in [1.165, 1.54) is 7.05 Å². The van der Waals surface area contributed by atoms with Gasteiger partial charge in [0.25, 0.3) is 5.56 Å². The van der Waals surface area contributed by atoms with E-state index in [2.05, 4.69) is 5.10 Å². The lowest BCUT2D eigenvalue weighted by molar-refractivity contribution is 0.0468. The predicted molar refractivity (Wildman–Crippen MR) is 101 cm³/mol. The van der Waals surface area contributed by atoms with Crippen molar-refractivity contribution in [3.8, 4) is 0 Å². The van der Waals surface area contributed by atoms with Gasteiger partial charge in [0.05, 0.1) is 5.39 Å². The summed E-state index contributed by atoms with van der Waals surface area (Å²) >= 11 is 0. The van der Waals surface area contributed by atoms with E-state index < -0.39 is 5.97 Å². The zero-order chi connectivity index (χ0) is 19.7. The summed E-state index contributed by atoms with van der Waals surface area (Å²) in [6.45, 7) is 6.18. The van der Waals surface area contributed by atoms with Crippen molar-refractivity contribution < 1.29 is 14.3 Å². The van der Waals surface area contributed by atoms with E-state index in [0.717, 1.165) is 22.6 Å². The molecule has 27 heavy (non-hydrogen) atoms. The number of fused-ring (bicyclic) bond motifs is 1. The van der Waals surface area contributed by atoms with Crippen molar-refractivity contribution in [2.24, 2.45) is 7.05 Å². The number of ether oxygens (including phenoxy) is 1. The van der Waals surface area contributed by atoms with Crippen molar-refractivity contribution in [3.63, 3.8) is 0 Å². The van der Waals surface area contributed by atoms with Crippen molar-refractivity contribution >= 4 is 22.5 Å². The maximum absolute atomic E-state index is 12.5. The first-order valence-electron chi connectivity index (χ1n) is 8.68. The molecule has 0 bridgehead atoms. The Bertz CT molecular complexity index is 1110. The van der Waals surface area contributed by atoms with Gasteiger partial charge in [-0.3, -0.25) is 9.59 Å². The third kappa shape index (κ3) is 3.28. The summed E-state index contributed by atoms with van der Waals surface area (Å²) in [4.78, 5) is 37.2. The lowest BCUT2D eigenvalue weighted by atomic mass is 10.1. The number of carbonyl (C=O) groups is 2. The molecule has 0 saturated carbocycles. The number of hydrogen-bond donors (Lipinski definition) is 0. The van der Waals surface area contributed by atoms with Crippen LogP contribution in [0.1, 0.15) is 39.2 Å². The monoisotopic (exact) mass is 367 g/mol. The fourth-order valence-electron chi connectivity index (χ4n) is 3.30. The maximum Gasteiger partial charge on any atom is 0.359 e. The molecule has 0 amide bonds. The van der Waals surface area contributed by atoms with Crippen LogP contribution in [0.25, 0.3) is 10.8 Å². The fourth-order valence-corrected chi connectivity index (χ4v) is 3.30. The Hall–Kier alpha value is -3.22. The number of Topliss-reactive ketones (excluding diaryl/α,β-unsaturated/α-hetero) is 1. The third-order valence-corrected chi connectivity index (χ3v) is 4.67. The molecule has 0 spiro atoms. The van der Waals surface area contributed by atoms with Gasteiger partial charge in [0, 0.05) is 35.9 Å². The van der Waals surface area contributed by atoms with Crippen LogP contribution in [0.15, 0.2) is 35.1 Å². The van der Waals surface area contributed by atoms with Gasteiger partial charge < -0.3 is 9.30 Å². The van der Waals surface area contributed by atoms with Crippen LogP contribution in [-0.4, -0.2) is 32.7 Å². The van der Waals surface area contributed by atoms with Gasteiger partial charge in [-0.05, 0) is 32.9 Å². The van der Waals surface area contributed by atoms with E-state index in [-0.39, 0.29) is 23.6 Å². The number of carbonyl (C=O) groups excluding carboxylic acids is 2. The molecule has 140 valence electrons. The molecule has 0 aliphatic carbocycles. The molecular formula is C20H21N3O4. The zero-order valence-corrected chi connectivity index (χ0v) is 15.8. The van der Waals surface area contributed by atoms with E-state index in [1.54, 1.807) is 30.3 Å². The van der Waals surface area contributed by atoms with Crippen LogP contribution >= 0.6 is 0 Å². The smallest absolute Gasteiger partial charge is 0.359 e. The summed E-state index contributed by atoms with van der Waals surface area (Å²) in [5.41, 5.74) is 2.09. The van der Waals surface area contributed by atoms with Crippen molar-refractivity contribution in [2.75, 3.05) is 6.61 Å². The first-order valence-corrected chi connectivity index (χ1v) is 8.68. The van der Waals surface area contributed by atoms with Gasteiger partial charge in [0.15, 0.2) is 12.3 Å². The minimum absolute atomic E-state index is 0.0135. The number of nitrogens with zero attached hydrogens (tertiary/aromatic N) is 3. The fraction of sp³-hybridized carbons (Fsp3) is 0.300. The van der Waals surface area contributed by atoms with E-state index in [0.29, 0.717) is 16.3 Å².